The molecule has 0 radical (unpaired) electrons. The second-order valence-corrected chi connectivity index (χ2v) is 5.80. The minimum Gasteiger partial charge on any atom is -0.496 e. The average molecular weight is 324 g/mol. The highest BCUT2D eigenvalue weighted by atomic mass is 16.5. The summed E-state index contributed by atoms with van der Waals surface area (Å²) in [6.45, 7) is 3.97. The molecule has 0 N–H and O–H groups in total. The smallest absolute Gasteiger partial charge is 0.340 e. The van der Waals surface area contributed by atoms with Crippen LogP contribution in [0.1, 0.15) is 22.3 Å². The SMILES string of the molecule is COc1cc(OC)c2c(C)c(Cc3ccccc3C)c(=O)oc2c1. The number of aryl methyl sites for hydroxylation is 2. The summed E-state index contributed by atoms with van der Waals surface area (Å²) in [4.78, 5) is 12.5. The zero-order chi connectivity index (χ0) is 17.3. The van der Waals surface area contributed by atoms with Crippen molar-refractivity contribution >= 4 is 11.0 Å². The summed E-state index contributed by atoms with van der Waals surface area (Å²) in [5.41, 5.74) is 3.95. The summed E-state index contributed by atoms with van der Waals surface area (Å²) in [5, 5.41) is 0.807. The Bertz CT molecular complexity index is 954. The van der Waals surface area contributed by atoms with Gasteiger partial charge in [-0.15, -0.1) is 0 Å². The number of methoxy groups -OCH3 is 2. The van der Waals surface area contributed by atoms with Crippen LogP contribution in [0.5, 0.6) is 11.5 Å². The fourth-order valence-corrected chi connectivity index (χ4v) is 2.96. The van der Waals surface area contributed by atoms with Crippen molar-refractivity contribution in [3.05, 3.63) is 69.1 Å². The lowest BCUT2D eigenvalue weighted by molar-refractivity contribution is 0.395. The van der Waals surface area contributed by atoms with Gasteiger partial charge in [-0.1, -0.05) is 24.3 Å². The van der Waals surface area contributed by atoms with Gasteiger partial charge < -0.3 is 13.9 Å². The Morgan fingerprint density at radius 1 is 1.04 bits per heavy atom. The van der Waals surface area contributed by atoms with Crippen LogP contribution < -0.4 is 15.1 Å². The first kappa shape index (κ1) is 16.1. The van der Waals surface area contributed by atoms with Gasteiger partial charge in [0.1, 0.15) is 17.1 Å². The van der Waals surface area contributed by atoms with E-state index < -0.39 is 0 Å². The third-order valence-corrected chi connectivity index (χ3v) is 4.40. The summed E-state index contributed by atoms with van der Waals surface area (Å²) in [6.07, 6.45) is 0.534. The summed E-state index contributed by atoms with van der Waals surface area (Å²) < 4.78 is 16.3. The van der Waals surface area contributed by atoms with Crippen molar-refractivity contribution in [1.29, 1.82) is 0 Å². The molecule has 124 valence electrons. The lowest BCUT2D eigenvalue weighted by Crippen LogP contribution is -2.12. The van der Waals surface area contributed by atoms with Crippen LogP contribution in [-0.4, -0.2) is 14.2 Å². The van der Waals surface area contributed by atoms with Crippen molar-refractivity contribution in [2.45, 2.75) is 20.3 Å². The van der Waals surface area contributed by atoms with Crippen molar-refractivity contribution in [3.63, 3.8) is 0 Å². The third kappa shape index (κ3) is 2.75. The molecule has 0 spiro atoms. The molecule has 0 unspecified atom stereocenters. The Labute approximate surface area is 140 Å². The van der Waals surface area contributed by atoms with Gasteiger partial charge in [-0.05, 0) is 30.5 Å². The Kier molecular flexibility index (Phi) is 4.30. The van der Waals surface area contributed by atoms with Gasteiger partial charge in [0.2, 0.25) is 0 Å². The fourth-order valence-electron chi connectivity index (χ4n) is 2.96. The maximum atomic E-state index is 12.5. The van der Waals surface area contributed by atoms with Crippen LogP contribution in [0.15, 0.2) is 45.6 Å². The van der Waals surface area contributed by atoms with Gasteiger partial charge in [0, 0.05) is 24.1 Å². The molecule has 0 amide bonds. The predicted octanol–water partition coefficient (Wildman–Crippen LogP) is 4.02. The van der Waals surface area contributed by atoms with E-state index in [2.05, 4.69) is 0 Å². The van der Waals surface area contributed by atoms with Crippen molar-refractivity contribution in [2.24, 2.45) is 0 Å². The zero-order valence-corrected chi connectivity index (χ0v) is 14.3. The molecule has 0 atom stereocenters. The summed E-state index contributed by atoms with van der Waals surface area (Å²) in [7, 11) is 3.16. The van der Waals surface area contributed by atoms with Crippen molar-refractivity contribution in [1.82, 2.24) is 0 Å². The highest BCUT2D eigenvalue weighted by Gasteiger charge is 2.17. The van der Waals surface area contributed by atoms with Crippen LogP contribution in [0.2, 0.25) is 0 Å². The highest BCUT2D eigenvalue weighted by Crippen LogP contribution is 2.34. The Hall–Kier alpha value is -2.75. The predicted molar refractivity (Wildman–Crippen MR) is 94.3 cm³/mol. The molecule has 4 nitrogen and oxygen atoms in total. The van der Waals surface area contributed by atoms with E-state index in [-0.39, 0.29) is 5.63 Å². The summed E-state index contributed by atoms with van der Waals surface area (Å²) in [6, 6.07) is 11.6. The Morgan fingerprint density at radius 2 is 1.79 bits per heavy atom. The summed E-state index contributed by atoms with van der Waals surface area (Å²) in [5.74, 6) is 1.23. The Morgan fingerprint density at radius 3 is 2.46 bits per heavy atom. The van der Waals surface area contributed by atoms with Gasteiger partial charge in [-0.2, -0.15) is 0 Å². The molecule has 0 aliphatic carbocycles. The summed E-state index contributed by atoms with van der Waals surface area (Å²) >= 11 is 0. The van der Waals surface area contributed by atoms with Crippen LogP contribution in [0.25, 0.3) is 11.0 Å². The number of benzene rings is 2. The number of ether oxygens (including phenoxy) is 2. The minimum atomic E-state index is -0.321. The van der Waals surface area contributed by atoms with Crippen LogP contribution in [0.4, 0.5) is 0 Å². The molecule has 1 heterocycles. The molecule has 0 fully saturated rings. The molecule has 4 heteroatoms. The molecule has 0 bridgehead atoms. The Balaban J connectivity index is 2.23. The first-order valence-corrected chi connectivity index (χ1v) is 7.78. The molecule has 0 aliphatic rings. The van der Waals surface area contributed by atoms with Crippen LogP contribution in [0.3, 0.4) is 0 Å². The van der Waals surface area contributed by atoms with E-state index in [0.29, 0.717) is 29.1 Å². The first-order chi connectivity index (χ1) is 11.5. The molecule has 0 aliphatic heterocycles. The van der Waals surface area contributed by atoms with Crippen molar-refractivity contribution in [2.75, 3.05) is 14.2 Å². The average Bonchev–Trinajstić information content (AvgIpc) is 2.58. The minimum absolute atomic E-state index is 0.321. The van der Waals surface area contributed by atoms with E-state index in [1.807, 2.05) is 38.1 Å². The van der Waals surface area contributed by atoms with Gasteiger partial charge in [0.25, 0.3) is 0 Å². The van der Waals surface area contributed by atoms with Gasteiger partial charge in [0.15, 0.2) is 0 Å². The number of fused-ring (bicyclic) bond motifs is 1. The van der Waals surface area contributed by atoms with Crippen molar-refractivity contribution in [3.8, 4) is 11.5 Å². The van der Waals surface area contributed by atoms with Gasteiger partial charge >= 0.3 is 5.63 Å². The lowest BCUT2D eigenvalue weighted by Gasteiger charge is -2.13. The lowest BCUT2D eigenvalue weighted by atomic mass is 9.97. The van der Waals surface area contributed by atoms with Gasteiger partial charge in [-0.25, -0.2) is 4.79 Å². The maximum Gasteiger partial charge on any atom is 0.340 e. The maximum absolute atomic E-state index is 12.5. The van der Waals surface area contributed by atoms with E-state index in [1.165, 1.54) is 0 Å². The normalized spacial score (nSPS) is 10.8. The second kappa shape index (κ2) is 6.40. The number of hydrogen-bond donors (Lipinski definition) is 0. The zero-order valence-electron chi connectivity index (χ0n) is 14.3. The molecule has 3 aromatic rings. The molecule has 3 rings (SSSR count). The third-order valence-electron chi connectivity index (χ3n) is 4.40. The molecule has 1 aromatic heterocycles. The fraction of sp³-hybridized carbons (Fsp3) is 0.250. The second-order valence-electron chi connectivity index (χ2n) is 5.80. The van der Waals surface area contributed by atoms with E-state index >= 15 is 0 Å². The molecule has 0 saturated carbocycles. The molecule has 0 saturated heterocycles. The van der Waals surface area contributed by atoms with Crippen LogP contribution >= 0.6 is 0 Å². The molecule has 24 heavy (non-hydrogen) atoms. The van der Waals surface area contributed by atoms with E-state index in [4.69, 9.17) is 13.9 Å². The first-order valence-electron chi connectivity index (χ1n) is 7.78. The molecule has 2 aromatic carbocycles. The topological polar surface area (TPSA) is 48.7 Å². The van der Waals surface area contributed by atoms with E-state index in [9.17, 15) is 4.79 Å². The van der Waals surface area contributed by atoms with Crippen LogP contribution in [-0.2, 0) is 6.42 Å². The van der Waals surface area contributed by atoms with E-state index in [0.717, 1.165) is 22.1 Å². The standard InChI is InChI=1S/C20H20O4/c1-12-7-5-6-8-14(12)9-16-13(2)19-17(23-4)10-15(22-3)11-18(19)24-20(16)21/h5-8,10-11H,9H2,1-4H3. The number of rotatable bonds is 4. The van der Waals surface area contributed by atoms with Gasteiger partial charge in [-0.3, -0.25) is 0 Å². The highest BCUT2D eigenvalue weighted by molar-refractivity contribution is 5.89. The largest absolute Gasteiger partial charge is 0.496 e. The van der Waals surface area contributed by atoms with Crippen molar-refractivity contribution < 1.29 is 13.9 Å². The van der Waals surface area contributed by atoms with E-state index in [1.54, 1.807) is 26.4 Å². The quantitative estimate of drug-likeness (QED) is 0.680. The molecular weight excluding hydrogens is 304 g/mol. The number of hydrogen-bond acceptors (Lipinski definition) is 4. The van der Waals surface area contributed by atoms with Crippen LogP contribution in [0, 0.1) is 13.8 Å². The van der Waals surface area contributed by atoms with Gasteiger partial charge in [0.05, 0.1) is 19.6 Å². The molecular formula is C20H20O4. The monoisotopic (exact) mass is 324 g/mol.